The Balaban J connectivity index is 1.56. The van der Waals surface area contributed by atoms with Crippen LogP contribution in [0.15, 0.2) is 47.4 Å². The van der Waals surface area contributed by atoms with E-state index in [0.29, 0.717) is 37.6 Å². The maximum absolute atomic E-state index is 13.4. The first kappa shape index (κ1) is 23.2. The summed E-state index contributed by atoms with van der Waals surface area (Å²) in [5.41, 5.74) is 1.73. The van der Waals surface area contributed by atoms with Crippen LogP contribution in [-0.2, 0) is 14.8 Å². The summed E-state index contributed by atoms with van der Waals surface area (Å²) in [6, 6.07) is 12.5. The number of benzene rings is 2. The Kier molecular flexibility index (Phi) is 6.18. The van der Waals surface area contributed by atoms with E-state index in [9.17, 15) is 13.2 Å². The standard InChI is InChI=1S/C24H31N3O5S/c1-18-7-5-8-19(17-18)33(29,30)27-15-16-31-22-20(9-6-10-21(22)27)25-11-13-26(14-12-25)23(28)32-24(2,3)4/h5-10,17H,11-16H2,1-4H3. The number of carbonyl (C=O) groups excluding carboxylic acids is 1. The van der Waals surface area contributed by atoms with E-state index in [1.54, 1.807) is 29.2 Å². The third-order valence-electron chi connectivity index (χ3n) is 5.63. The Morgan fingerprint density at radius 3 is 2.30 bits per heavy atom. The van der Waals surface area contributed by atoms with Gasteiger partial charge in [-0.15, -0.1) is 0 Å². The van der Waals surface area contributed by atoms with Crippen LogP contribution in [0.4, 0.5) is 16.2 Å². The quantitative estimate of drug-likeness (QED) is 0.677. The summed E-state index contributed by atoms with van der Waals surface area (Å²) in [6.45, 7) is 10.2. The molecule has 2 aromatic carbocycles. The second-order valence-corrected chi connectivity index (χ2v) is 11.2. The number of anilines is 2. The molecule has 2 aliphatic rings. The van der Waals surface area contributed by atoms with Gasteiger partial charge in [0, 0.05) is 26.2 Å². The smallest absolute Gasteiger partial charge is 0.410 e. The molecule has 178 valence electrons. The molecule has 0 radical (unpaired) electrons. The van der Waals surface area contributed by atoms with E-state index in [1.807, 2.05) is 45.9 Å². The monoisotopic (exact) mass is 473 g/mol. The van der Waals surface area contributed by atoms with Gasteiger partial charge >= 0.3 is 6.09 Å². The molecule has 8 nitrogen and oxygen atoms in total. The van der Waals surface area contributed by atoms with Crippen LogP contribution in [-0.4, -0.2) is 64.3 Å². The number of amides is 1. The second kappa shape index (κ2) is 8.78. The van der Waals surface area contributed by atoms with Crippen molar-refractivity contribution in [2.24, 2.45) is 0 Å². The number of rotatable bonds is 3. The van der Waals surface area contributed by atoms with Crippen molar-refractivity contribution in [3.8, 4) is 5.75 Å². The average Bonchev–Trinajstić information content (AvgIpc) is 2.77. The molecule has 4 rings (SSSR count). The minimum Gasteiger partial charge on any atom is -0.487 e. The van der Waals surface area contributed by atoms with Crippen LogP contribution in [0.2, 0.25) is 0 Å². The fourth-order valence-electron chi connectivity index (χ4n) is 4.07. The highest BCUT2D eigenvalue weighted by atomic mass is 32.2. The summed E-state index contributed by atoms with van der Waals surface area (Å²) < 4.78 is 39.7. The van der Waals surface area contributed by atoms with E-state index in [4.69, 9.17) is 9.47 Å². The number of aryl methyl sites for hydroxylation is 1. The molecule has 2 heterocycles. The summed E-state index contributed by atoms with van der Waals surface area (Å²) >= 11 is 0. The molecule has 0 saturated carbocycles. The lowest BCUT2D eigenvalue weighted by Crippen LogP contribution is -2.50. The lowest BCUT2D eigenvalue weighted by molar-refractivity contribution is 0.0240. The Bertz CT molecular complexity index is 1140. The summed E-state index contributed by atoms with van der Waals surface area (Å²) in [5, 5.41) is 0. The maximum atomic E-state index is 13.4. The van der Waals surface area contributed by atoms with Crippen molar-refractivity contribution in [1.29, 1.82) is 0 Å². The largest absolute Gasteiger partial charge is 0.487 e. The number of para-hydroxylation sites is 1. The van der Waals surface area contributed by atoms with Crippen LogP contribution in [0, 0.1) is 6.92 Å². The third kappa shape index (κ3) is 4.88. The van der Waals surface area contributed by atoms with Crippen LogP contribution in [0.3, 0.4) is 0 Å². The van der Waals surface area contributed by atoms with Gasteiger partial charge in [-0.25, -0.2) is 13.2 Å². The molecule has 0 aromatic heterocycles. The van der Waals surface area contributed by atoms with Crippen molar-refractivity contribution in [3.05, 3.63) is 48.0 Å². The minimum absolute atomic E-state index is 0.249. The molecule has 0 atom stereocenters. The second-order valence-electron chi connectivity index (χ2n) is 9.32. The predicted molar refractivity (Wildman–Crippen MR) is 128 cm³/mol. The molecule has 1 amide bonds. The molecule has 2 aliphatic heterocycles. The van der Waals surface area contributed by atoms with E-state index in [0.717, 1.165) is 11.3 Å². The van der Waals surface area contributed by atoms with E-state index < -0.39 is 15.6 Å². The van der Waals surface area contributed by atoms with E-state index in [2.05, 4.69) is 4.90 Å². The van der Waals surface area contributed by atoms with Crippen LogP contribution in [0.5, 0.6) is 5.75 Å². The first-order valence-electron chi connectivity index (χ1n) is 11.1. The SMILES string of the molecule is Cc1cccc(S(=O)(=O)N2CCOc3c(N4CCN(C(=O)OC(C)(C)C)CC4)cccc32)c1. The normalized spacial score (nSPS) is 16.8. The topological polar surface area (TPSA) is 79.4 Å². The third-order valence-corrected chi connectivity index (χ3v) is 7.44. The number of nitrogens with zero attached hydrogens (tertiary/aromatic N) is 3. The molecule has 33 heavy (non-hydrogen) atoms. The fourth-order valence-corrected chi connectivity index (χ4v) is 5.62. The van der Waals surface area contributed by atoms with E-state index in [-0.39, 0.29) is 24.1 Å². The van der Waals surface area contributed by atoms with Gasteiger partial charge in [-0.1, -0.05) is 18.2 Å². The van der Waals surface area contributed by atoms with Crippen molar-refractivity contribution >= 4 is 27.5 Å². The lowest BCUT2D eigenvalue weighted by atomic mass is 10.2. The van der Waals surface area contributed by atoms with Crippen molar-refractivity contribution in [2.45, 2.75) is 38.2 Å². The molecule has 0 unspecified atom stereocenters. The number of piperazine rings is 1. The molecule has 1 saturated heterocycles. The van der Waals surface area contributed by atoms with Crippen molar-refractivity contribution in [3.63, 3.8) is 0 Å². The Morgan fingerprint density at radius 2 is 1.64 bits per heavy atom. The summed E-state index contributed by atoms with van der Waals surface area (Å²) in [5.74, 6) is 0.561. The van der Waals surface area contributed by atoms with Gasteiger partial charge in [0.2, 0.25) is 0 Å². The molecule has 0 N–H and O–H groups in total. The Hall–Kier alpha value is -2.94. The van der Waals surface area contributed by atoms with Crippen LogP contribution >= 0.6 is 0 Å². The molecule has 0 spiro atoms. The van der Waals surface area contributed by atoms with Gasteiger partial charge in [-0.2, -0.15) is 0 Å². The zero-order valence-electron chi connectivity index (χ0n) is 19.6. The zero-order chi connectivity index (χ0) is 23.8. The molecular weight excluding hydrogens is 442 g/mol. The first-order valence-corrected chi connectivity index (χ1v) is 12.6. The summed E-state index contributed by atoms with van der Waals surface area (Å²) in [6.07, 6.45) is -0.316. The molecule has 0 aliphatic carbocycles. The van der Waals surface area contributed by atoms with E-state index in [1.165, 1.54) is 4.31 Å². The van der Waals surface area contributed by atoms with Gasteiger partial charge in [0.25, 0.3) is 10.0 Å². The predicted octanol–water partition coefficient (Wildman–Crippen LogP) is 3.64. The summed E-state index contributed by atoms with van der Waals surface area (Å²) in [4.78, 5) is 16.5. The molecule has 2 aromatic rings. The van der Waals surface area contributed by atoms with Gasteiger partial charge in [-0.3, -0.25) is 4.31 Å². The zero-order valence-corrected chi connectivity index (χ0v) is 20.4. The van der Waals surface area contributed by atoms with Gasteiger partial charge in [0.05, 0.1) is 22.8 Å². The van der Waals surface area contributed by atoms with Crippen molar-refractivity contribution in [2.75, 3.05) is 48.5 Å². The number of hydrogen-bond donors (Lipinski definition) is 0. The number of fused-ring (bicyclic) bond motifs is 1. The first-order chi connectivity index (χ1) is 15.6. The average molecular weight is 474 g/mol. The van der Waals surface area contributed by atoms with Crippen molar-refractivity contribution in [1.82, 2.24) is 4.90 Å². The van der Waals surface area contributed by atoms with Gasteiger partial charge < -0.3 is 19.3 Å². The summed E-state index contributed by atoms with van der Waals surface area (Å²) in [7, 11) is -3.72. The number of hydrogen-bond acceptors (Lipinski definition) is 6. The van der Waals surface area contributed by atoms with Gasteiger partial charge in [-0.05, 0) is 57.5 Å². The van der Waals surface area contributed by atoms with Crippen LogP contribution in [0.25, 0.3) is 0 Å². The van der Waals surface area contributed by atoms with Crippen LogP contribution in [0.1, 0.15) is 26.3 Å². The number of carbonyl (C=O) groups is 1. The fraction of sp³-hybridized carbons (Fsp3) is 0.458. The number of sulfonamides is 1. The Morgan fingerprint density at radius 1 is 0.970 bits per heavy atom. The number of ether oxygens (including phenoxy) is 2. The highest BCUT2D eigenvalue weighted by molar-refractivity contribution is 7.92. The minimum atomic E-state index is -3.72. The molecular formula is C24H31N3O5S. The van der Waals surface area contributed by atoms with Crippen molar-refractivity contribution < 1.29 is 22.7 Å². The van der Waals surface area contributed by atoms with E-state index >= 15 is 0 Å². The van der Waals surface area contributed by atoms with Gasteiger partial charge in [0.15, 0.2) is 5.75 Å². The highest BCUT2D eigenvalue weighted by Gasteiger charge is 2.33. The lowest BCUT2D eigenvalue weighted by Gasteiger charge is -2.39. The van der Waals surface area contributed by atoms with Gasteiger partial charge in [0.1, 0.15) is 12.2 Å². The Labute approximate surface area is 195 Å². The van der Waals surface area contributed by atoms with Crippen LogP contribution < -0.4 is 13.9 Å². The maximum Gasteiger partial charge on any atom is 0.410 e. The highest BCUT2D eigenvalue weighted by Crippen LogP contribution is 2.42. The molecule has 1 fully saturated rings. The molecule has 0 bridgehead atoms. The molecule has 9 heteroatoms.